The number of carbonyl (C=O) groups is 2. The summed E-state index contributed by atoms with van der Waals surface area (Å²) in [4.78, 5) is 24.6. The second-order valence-electron chi connectivity index (χ2n) is 8.21. The van der Waals surface area contributed by atoms with Gasteiger partial charge in [-0.15, -0.1) is 0 Å². The van der Waals surface area contributed by atoms with Crippen molar-refractivity contribution in [1.29, 1.82) is 0 Å². The quantitative estimate of drug-likeness (QED) is 0.742. The molecular weight excluding hydrogens is 316 g/mol. The van der Waals surface area contributed by atoms with E-state index >= 15 is 0 Å². The van der Waals surface area contributed by atoms with Crippen LogP contribution in [0.4, 0.5) is 5.69 Å². The van der Waals surface area contributed by atoms with E-state index in [1.54, 1.807) is 36.4 Å². The van der Waals surface area contributed by atoms with Crippen LogP contribution < -0.4 is 10.6 Å². The largest absolute Gasteiger partial charge is 0.507 e. The Balaban J connectivity index is 2.15. The second-order valence-corrected chi connectivity index (χ2v) is 8.21. The molecule has 25 heavy (non-hydrogen) atoms. The van der Waals surface area contributed by atoms with Crippen LogP contribution in [0.3, 0.4) is 0 Å². The predicted octanol–water partition coefficient (Wildman–Crippen LogP) is 3.81. The molecule has 0 saturated carbocycles. The van der Waals surface area contributed by atoms with Gasteiger partial charge in [-0.3, -0.25) is 9.59 Å². The summed E-state index contributed by atoms with van der Waals surface area (Å²) in [6.07, 6.45) is 0.737. The highest BCUT2D eigenvalue weighted by molar-refractivity contribution is 6.40. The summed E-state index contributed by atoms with van der Waals surface area (Å²) in [5.74, 6) is -1.27. The summed E-state index contributed by atoms with van der Waals surface area (Å²) >= 11 is 0. The van der Waals surface area contributed by atoms with Gasteiger partial charge in [-0.05, 0) is 37.8 Å². The maximum Gasteiger partial charge on any atom is 0.313 e. The molecule has 0 aromatic heterocycles. The van der Waals surface area contributed by atoms with Gasteiger partial charge in [0.25, 0.3) is 0 Å². The Morgan fingerprint density at radius 3 is 2.16 bits per heavy atom. The van der Waals surface area contributed by atoms with Crippen LogP contribution in [0.15, 0.2) is 36.4 Å². The first-order valence-corrected chi connectivity index (χ1v) is 8.33. The Morgan fingerprint density at radius 2 is 1.52 bits per heavy atom. The molecule has 0 atom stereocenters. The third-order valence-corrected chi connectivity index (χ3v) is 3.78. The number of rotatable bonds is 3. The Morgan fingerprint density at radius 1 is 0.920 bits per heavy atom. The highest BCUT2D eigenvalue weighted by Crippen LogP contribution is 2.30. The van der Waals surface area contributed by atoms with Crippen LogP contribution in [-0.2, 0) is 9.59 Å². The molecule has 3 N–H and O–H groups in total. The molecule has 0 saturated heterocycles. The Bertz CT molecular complexity index is 804. The summed E-state index contributed by atoms with van der Waals surface area (Å²) in [5.41, 5.74) is 0.0200. The summed E-state index contributed by atoms with van der Waals surface area (Å²) in [6, 6.07) is 10.2. The zero-order valence-electron chi connectivity index (χ0n) is 15.4. The van der Waals surface area contributed by atoms with Gasteiger partial charge in [-0.2, -0.15) is 0 Å². The van der Waals surface area contributed by atoms with Crippen molar-refractivity contribution in [3.8, 4) is 5.75 Å². The fourth-order valence-electron chi connectivity index (χ4n) is 3.32. The lowest BCUT2D eigenvalue weighted by molar-refractivity contribution is -0.137. The molecule has 2 amide bonds. The van der Waals surface area contributed by atoms with Crippen molar-refractivity contribution in [3.63, 3.8) is 0 Å². The maximum atomic E-state index is 12.3. The minimum absolute atomic E-state index is 0.0282. The molecule has 0 aliphatic heterocycles. The minimum atomic E-state index is -0.724. The third-order valence-electron chi connectivity index (χ3n) is 3.78. The number of nitrogens with one attached hydrogen (secondary N) is 2. The summed E-state index contributed by atoms with van der Waals surface area (Å²) in [7, 11) is 0. The van der Waals surface area contributed by atoms with E-state index in [0.29, 0.717) is 16.5 Å². The van der Waals surface area contributed by atoms with Gasteiger partial charge in [0.2, 0.25) is 0 Å². The standard InChI is InChI=1S/C20H26N2O3/c1-19(2,3)12-20(4,5)22-18(25)17(24)21-15-10-6-9-14-13(15)8-7-11-16(14)23/h6-11,23H,12H2,1-5H3,(H,21,24)(H,22,25). The van der Waals surface area contributed by atoms with Gasteiger partial charge in [0.1, 0.15) is 5.75 Å². The zero-order valence-corrected chi connectivity index (χ0v) is 15.4. The van der Waals surface area contributed by atoms with E-state index in [-0.39, 0.29) is 11.2 Å². The molecule has 134 valence electrons. The molecule has 5 nitrogen and oxygen atoms in total. The Hall–Kier alpha value is -2.56. The van der Waals surface area contributed by atoms with Crippen LogP contribution in [0, 0.1) is 5.41 Å². The first-order valence-electron chi connectivity index (χ1n) is 8.33. The lowest BCUT2D eigenvalue weighted by Crippen LogP contribution is -2.49. The predicted molar refractivity (Wildman–Crippen MR) is 101 cm³/mol. The normalized spacial score (nSPS) is 12.0. The van der Waals surface area contributed by atoms with E-state index in [4.69, 9.17) is 0 Å². The van der Waals surface area contributed by atoms with Crippen LogP contribution in [0.25, 0.3) is 10.8 Å². The lowest BCUT2D eigenvalue weighted by Gasteiger charge is -2.33. The number of phenolic OH excluding ortho intramolecular Hbond substituents is 1. The zero-order chi connectivity index (χ0) is 18.8. The number of aromatic hydroxyl groups is 1. The molecule has 5 heteroatoms. The average Bonchev–Trinajstić information content (AvgIpc) is 2.45. The minimum Gasteiger partial charge on any atom is -0.507 e. The van der Waals surface area contributed by atoms with Gasteiger partial charge >= 0.3 is 11.8 Å². The molecule has 2 aromatic rings. The Kier molecular flexibility index (Phi) is 5.07. The van der Waals surface area contributed by atoms with Gasteiger partial charge in [-0.25, -0.2) is 0 Å². The van der Waals surface area contributed by atoms with Crippen molar-refractivity contribution < 1.29 is 14.7 Å². The van der Waals surface area contributed by atoms with Crippen molar-refractivity contribution in [2.24, 2.45) is 5.41 Å². The number of anilines is 1. The third kappa shape index (κ3) is 4.95. The fourth-order valence-corrected chi connectivity index (χ4v) is 3.32. The fraction of sp³-hybridized carbons (Fsp3) is 0.400. The molecule has 0 bridgehead atoms. The van der Waals surface area contributed by atoms with E-state index in [0.717, 1.165) is 6.42 Å². The first-order chi connectivity index (χ1) is 11.5. The van der Waals surface area contributed by atoms with Crippen LogP contribution >= 0.6 is 0 Å². The van der Waals surface area contributed by atoms with Gasteiger partial charge in [0.05, 0.1) is 0 Å². The number of amides is 2. The molecule has 0 radical (unpaired) electrons. The van der Waals surface area contributed by atoms with E-state index in [1.165, 1.54) is 0 Å². The number of hydrogen-bond donors (Lipinski definition) is 3. The molecule has 0 unspecified atom stereocenters. The lowest BCUT2D eigenvalue weighted by atomic mass is 9.82. The van der Waals surface area contributed by atoms with Crippen LogP contribution in [0.5, 0.6) is 5.75 Å². The van der Waals surface area contributed by atoms with Crippen LogP contribution in [-0.4, -0.2) is 22.5 Å². The van der Waals surface area contributed by atoms with Crippen molar-refractivity contribution in [2.75, 3.05) is 5.32 Å². The Labute approximate surface area is 148 Å². The summed E-state index contributed by atoms with van der Waals surface area (Å²) in [6.45, 7) is 10.1. The van der Waals surface area contributed by atoms with E-state index < -0.39 is 17.4 Å². The van der Waals surface area contributed by atoms with Crippen LogP contribution in [0.2, 0.25) is 0 Å². The summed E-state index contributed by atoms with van der Waals surface area (Å²) in [5, 5.41) is 16.6. The molecule has 0 spiro atoms. The second kappa shape index (κ2) is 6.75. The van der Waals surface area contributed by atoms with Crippen molar-refractivity contribution in [3.05, 3.63) is 36.4 Å². The molecule has 0 fully saturated rings. The smallest absolute Gasteiger partial charge is 0.313 e. The number of fused-ring (bicyclic) bond motifs is 1. The number of hydrogen-bond acceptors (Lipinski definition) is 3. The number of benzene rings is 2. The van der Waals surface area contributed by atoms with Gasteiger partial charge in [0, 0.05) is 22.0 Å². The average molecular weight is 342 g/mol. The van der Waals surface area contributed by atoms with Crippen LogP contribution in [0.1, 0.15) is 41.0 Å². The molecule has 2 aromatic carbocycles. The first kappa shape index (κ1) is 18.8. The molecule has 0 aliphatic carbocycles. The van der Waals surface area contributed by atoms with E-state index in [9.17, 15) is 14.7 Å². The molecular formula is C20H26N2O3. The SMILES string of the molecule is CC(C)(C)CC(C)(C)NC(=O)C(=O)Nc1cccc2c(O)cccc12. The molecule has 0 heterocycles. The molecule has 0 aliphatic rings. The van der Waals surface area contributed by atoms with Crippen molar-refractivity contribution in [1.82, 2.24) is 5.32 Å². The summed E-state index contributed by atoms with van der Waals surface area (Å²) < 4.78 is 0. The van der Waals surface area contributed by atoms with E-state index in [2.05, 4.69) is 31.4 Å². The van der Waals surface area contributed by atoms with Gasteiger partial charge < -0.3 is 15.7 Å². The topological polar surface area (TPSA) is 78.4 Å². The van der Waals surface area contributed by atoms with E-state index in [1.807, 2.05) is 13.8 Å². The molecule has 2 rings (SSSR count). The van der Waals surface area contributed by atoms with Crippen molar-refractivity contribution >= 4 is 28.3 Å². The number of carbonyl (C=O) groups excluding carboxylic acids is 2. The van der Waals surface area contributed by atoms with Gasteiger partial charge in [-0.1, -0.05) is 45.0 Å². The number of phenols is 1. The van der Waals surface area contributed by atoms with Gasteiger partial charge in [0.15, 0.2) is 0 Å². The van der Waals surface area contributed by atoms with Crippen molar-refractivity contribution in [2.45, 2.75) is 46.6 Å². The monoisotopic (exact) mass is 342 g/mol. The maximum absolute atomic E-state index is 12.3. The highest BCUT2D eigenvalue weighted by Gasteiger charge is 2.29. The highest BCUT2D eigenvalue weighted by atomic mass is 16.3.